The zero-order valence-corrected chi connectivity index (χ0v) is 17.5. The molecule has 1 aliphatic carbocycles. The second-order valence-corrected chi connectivity index (χ2v) is 9.63. The van der Waals surface area contributed by atoms with Crippen molar-refractivity contribution >= 4 is 43.9 Å². The number of rotatable bonds is 6. The normalized spacial score (nSPS) is 12.9. The third kappa shape index (κ3) is 3.81. The second kappa shape index (κ2) is 7.92. The quantitative estimate of drug-likeness (QED) is 0.543. The summed E-state index contributed by atoms with van der Waals surface area (Å²) in [5.74, 6) is -1.11. The Morgan fingerprint density at radius 1 is 0.967 bits per heavy atom. The number of carbonyl (C=O) groups excluding carboxylic acids is 2. The number of sulfonamides is 1. The van der Waals surface area contributed by atoms with Gasteiger partial charge in [0.2, 0.25) is 0 Å². The molecule has 2 amide bonds. The lowest BCUT2D eigenvalue weighted by Crippen LogP contribution is -2.20. The van der Waals surface area contributed by atoms with Crippen molar-refractivity contribution in [2.45, 2.75) is 24.2 Å². The first-order valence-corrected chi connectivity index (χ1v) is 11.6. The third-order valence-electron chi connectivity index (χ3n) is 4.86. The number of carbonyl (C=O) groups is 2. The van der Waals surface area contributed by atoms with Gasteiger partial charge in [-0.15, -0.1) is 11.3 Å². The zero-order valence-electron chi connectivity index (χ0n) is 15.8. The average Bonchev–Trinajstić information content (AvgIpc) is 3.29. The molecular weight excluding hydrogens is 422 g/mol. The Bertz CT molecular complexity index is 1230. The van der Waals surface area contributed by atoms with Crippen molar-refractivity contribution in [2.24, 2.45) is 5.73 Å². The van der Waals surface area contributed by atoms with Gasteiger partial charge in [-0.25, -0.2) is 8.42 Å². The molecule has 2 aromatic carbocycles. The van der Waals surface area contributed by atoms with Gasteiger partial charge in [0.1, 0.15) is 5.00 Å². The van der Waals surface area contributed by atoms with Crippen molar-refractivity contribution in [3.05, 3.63) is 76.2 Å². The first-order valence-electron chi connectivity index (χ1n) is 9.29. The molecule has 1 heterocycles. The molecule has 4 rings (SSSR count). The predicted molar refractivity (Wildman–Crippen MR) is 117 cm³/mol. The van der Waals surface area contributed by atoms with E-state index in [1.165, 1.54) is 35.6 Å². The summed E-state index contributed by atoms with van der Waals surface area (Å²) in [5, 5.41) is 3.15. The lowest BCUT2D eigenvalue weighted by molar-refractivity contribution is 0.100. The molecule has 30 heavy (non-hydrogen) atoms. The van der Waals surface area contributed by atoms with E-state index in [0.717, 1.165) is 29.7 Å². The minimum absolute atomic E-state index is 0.0888. The molecule has 0 aliphatic heterocycles. The second-order valence-electron chi connectivity index (χ2n) is 6.84. The van der Waals surface area contributed by atoms with Gasteiger partial charge in [0.05, 0.1) is 21.7 Å². The number of hydrogen-bond acceptors (Lipinski definition) is 5. The minimum Gasteiger partial charge on any atom is -0.365 e. The van der Waals surface area contributed by atoms with Crippen LogP contribution in [0.5, 0.6) is 0 Å². The van der Waals surface area contributed by atoms with E-state index in [1.54, 1.807) is 30.3 Å². The molecule has 1 aromatic heterocycles. The predicted octanol–water partition coefficient (Wildman–Crippen LogP) is 3.39. The number of anilines is 2. The van der Waals surface area contributed by atoms with Crippen molar-refractivity contribution < 1.29 is 18.0 Å². The SMILES string of the molecule is NC(=O)c1c(NC(=O)c2ccccc2NS(=O)(=O)c2ccccc2)sc2c1CCC2. The lowest BCUT2D eigenvalue weighted by atomic mass is 10.1. The molecule has 0 fully saturated rings. The van der Waals surface area contributed by atoms with Crippen molar-refractivity contribution in [3.8, 4) is 0 Å². The van der Waals surface area contributed by atoms with Crippen LogP contribution in [0.15, 0.2) is 59.5 Å². The maximum Gasteiger partial charge on any atom is 0.261 e. The summed E-state index contributed by atoms with van der Waals surface area (Å²) in [4.78, 5) is 26.1. The fourth-order valence-electron chi connectivity index (χ4n) is 3.50. The maximum atomic E-state index is 13.0. The van der Waals surface area contributed by atoms with E-state index in [-0.39, 0.29) is 16.1 Å². The number of aryl methyl sites for hydroxylation is 1. The topological polar surface area (TPSA) is 118 Å². The Morgan fingerprint density at radius 3 is 2.40 bits per heavy atom. The summed E-state index contributed by atoms with van der Waals surface area (Å²) in [6.45, 7) is 0. The van der Waals surface area contributed by atoms with Crippen LogP contribution in [-0.2, 0) is 22.9 Å². The highest BCUT2D eigenvalue weighted by Gasteiger charge is 2.27. The van der Waals surface area contributed by atoms with Gasteiger partial charge in [-0.05, 0) is 49.1 Å². The molecule has 9 heteroatoms. The summed E-state index contributed by atoms with van der Waals surface area (Å²) in [6, 6.07) is 14.2. The van der Waals surface area contributed by atoms with Gasteiger partial charge in [0.25, 0.3) is 21.8 Å². The van der Waals surface area contributed by atoms with Gasteiger partial charge in [-0.3, -0.25) is 14.3 Å². The van der Waals surface area contributed by atoms with Crippen LogP contribution in [0.3, 0.4) is 0 Å². The maximum absolute atomic E-state index is 13.0. The number of nitrogens with two attached hydrogens (primary N) is 1. The molecule has 154 valence electrons. The van der Waals surface area contributed by atoms with Crippen molar-refractivity contribution in [1.29, 1.82) is 0 Å². The van der Waals surface area contributed by atoms with Gasteiger partial charge in [0, 0.05) is 4.88 Å². The number of para-hydroxylation sites is 1. The van der Waals surface area contributed by atoms with Crippen molar-refractivity contribution in [2.75, 3.05) is 10.0 Å². The fraction of sp³-hybridized carbons (Fsp3) is 0.143. The molecule has 4 N–H and O–H groups in total. The molecule has 0 saturated carbocycles. The fourth-order valence-corrected chi connectivity index (χ4v) is 5.89. The van der Waals surface area contributed by atoms with E-state index in [4.69, 9.17) is 5.73 Å². The van der Waals surface area contributed by atoms with E-state index in [1.807, 2.05) is 0 Å². The smallest absolute Gasteiger partial charge is 0.261 e. The molecule has 0 radical (unpaired) electrons. The van der Waals surface area contributed by atoms with E-state index in [0.29, 0.717) is 10.6 Å². The molecule has 1 aliphatic rings. The Kier molecular flexibility index (Phi) is 5.31. The summed E-state index contributed by atoms with van der Waals surface area (Å²) < 4.78 is 27.8. The van der Waals surface area contributed by atoms with Gasteiger partial charge < -0.3 is 11.1 Å². The van der Waals surface area contributed by atoms with Gasteiger partial charge >= 0.3 is 0 Å². The Morgan fingerprint density at radius 2 is 1.67 bits per heavy atom. The van der Waals surface area contributed by atoms with Gasteiger partial charge in [-0.2, -0.15) is 0 Å². The third-order valence-corrected chi connectivity index (χ3v) is 7.45. The summed E-state index contributed by atoms with van der Waals surface area (Å²) >= 11 is 1.34. The molecule has 0 spiro atoms. The van der Waals surface area contributed by atoms with E-state index in [9.17, 15) is 18.0 Å². The average molecular weight is 442 g/mol. The highest BCUT2D eigenvalue weighted by Crippen LogP contribution is 2.39. The van der Waals surface area contributed by atoms with Crippen LogP contribution in [0.25, 0.3) is 0 Å². The molecule has 3 aromatic rings. The van der Waals surface area contributed by atoms with Gasteiger partial charge in [0.15, 0.2) is 0 Å². The Hall–Kier alpha value is -3.17. The zero-order chi connectivity index (χ0) is 21.3. The molecule has 0 saturated heterocycles. The number of primary amides is 1. The van der Waals surface area contributed by atoms with Crippen LogP contribution in [0.4, 0.5) is 10.7 Å². The number of thiophene rings is 1. The Labute approximate surface area is 178 Å². The van der Waals surface area contributed by atoms with E-state index in [2.05, 4.69) is 10.0 Å². The van der Waals surface area contributed by atoms with E-state index < -0.39 is 21.8 Å². The highest BCUT2D eigenvalue weighted by molar-refractivity contribution is 7.92. The van der Waals surface area contributed by atoms with Crippen LogP contribution in [0.1, 0.15) is 37.6 Å². The number of hydrogen-bond donors (Lipinski definition) is 3. The van der Waals surface area contributed by atoms with Crippen LogP contribution < -0.4 is 15.8 Å². The van der Waals surface area contributed by atoms with Crippen LogP contribution in [0, 0.1) is 0 Å². The molecule has 0 atom stereocenters. The molecular formula is C21H19N3O4S2. The number of benzene rings is 2. The monoisotopic (exact) mass is 441 g/mol. The van der Waals surface area contributed by atoms with E-state index >= 15 is 0 Å². The summed E-state index contributed by atoms with van der Waals surface area (Å²) in [6.07, 6.45) is 2.57. The number of nitrogens with one attached hydrogen (secondary N) is 2. The molecule has 0 unspecified atom stereocenters. The van der Waals surface area contributed by atoms with Crippen LogP contribution in [-0.4, -0.2) is 20.2 Å². The first-order chi connectivity index (χ1) is 14.4. The number of fused-ring (bicyclic) bond motifs is 1. The molecule has 0 bridgehead atoms. The largest absolute Gasteiger partial charge is 0.365 e. The summed E-state index contributed by atoms with van der Waals surface area (Å²) in [5.41, 5.74) is 7.08. The van der Waals surface area contributed by atoms with Crippen molar-refractivity contribution in [1.82, 2.24) is 0 Å². The first kappa shape index (κ1) is 20.1. The molecule has 7 nitrogen and oxygen atoms in total. The lowest BCUT2D eigenvalue weighted by Gasteiger charge is -2.13. The minimum atomic E-state index is -3.86. The van der Waals surface area contributed by atoms with Crippen LogP contribution in [0.2, 0.25) is 0 Å². The van der Waals surface area contributed by atoms with Gasteiger partial charge in [-0.1, -0.05) is 30.3 Å². The highest BCUT2D eigenvalue weighted by atomic mass is 32.2. The summed E-state index contributed by atoms with van der Waals surface area (Å²) in [7, 11) is -3.86. The standard InChI is InChI=1S/C21H19N3O4S2/c22-19(25)18-15-10-6-12-17(15)29-21(18)23-20(26)14-9-4-5-11-16(14)24-30(27,28)13-7-2-1-3-8-13/h1-5,7-9,11,24H,6,10,12H2,(H2,22,25)(H,23,26). The Balaban J connectivity index is 1.64. The van der Waals surface area contributed by atoms with Crippen LogP contribution >= 0.6 is 11.3 Å². The number of amides is 2. The van der Waals surface area contributed by atoms with Crippen molar-refractivity contribution in [3.63, 3.8) is 0 Å².